The summed E-state index contributed by atoms with van der Waals surface area (Å²) >= 11 is 0. The number of hydrogen-bond acceptors (Lipinski definition) is 4. The van der Waals surface area contributed by atoms with Crippen LogP contribution in [0.1, 0.15) is 30.9 Å². The van der Waals surface area contributed by atoms with Crippen molar-refractivity contribution in [3.05, 3.63) is 17.7 Å². The second-order valence-corrected chi connectivity index (χ2v) is 4.47. The molecule has 4 nitrogen and oxygen atoms in total. The Labute approximate surface area is 121 Å². The van der Waals surface area contributed by atoms with E-state index in [1.54, 1.807) is 0 Å². The van der Waals surface area contributed by atoms with Crippen LogP contribution in [0.2, 0.25) is 0 Å². The van der Waals surface area contributed by atoms with Gasteiger partial charge in [-0.2, -0.15) is 13.2 Å². The number of aliphatic hydroxyl groups excluding tert-OH is 1. The summed E-state index contributed by atoms with van der Waals surface area (Å²) in [5.41, 5.74) is 0.373. The van der Waals surface area contributed by atoms with Crippen LogP contribution >= 0.6 is 0 Å². The van der Waals surface area contributed by atoms with Gasteiger partial charge in [-0.15, -0.1) is 0 Å². The Hall–Kier alpha value is -1.63. The monoisotopic (exact) mass is 308 g/mol. The third-order valence-electron chi connectivity index (χ3n) is 3.03. The first-order valence-corrected chi connectivity index (χ1v) is 6.37. The number of alkyl halides is 3. The first-order chi connectivity index (χ1) is 9.82. The quantitative estimate of drug-likeness (QED) is 0.838. The maximum atomic E-state index is 12.1. The lowest BCUT2D eigenvalue weighted by molar-refractivity contribution is -0.136. The molecule has 0 aliphatic heterocycles. The molecule has 1 rings (SSSR count). The van der Waals surface area contributed by atoms with E-state index in [2.05, 4.69) is 0 Å². The minimum Gasteiger partial charge on any atom is -0.496 e. The predicted octanol–water partition coefficient (Wildman–Crippen LogP) is 3.48. The molecular weight excluding hydrogens is 289 g/mol. The minimum absolute atomic E-state index is 0.0225. The van der Waals surface area contributed by atoms with Gasteiger partial charge in [-0.25, -0.2) is 0 Å². The van der Waals surface area contributed by atoms with E-state index in [1.807, 2.05) is 0 Å². The number of halogens is 3. The molecule has 0 aliphatic rings. The topological polar surface area (TPSA) is 47.9 Å². The van der Waals surface area contributed by atoms with Crippen molar-refractivity contribution in [1.82, 2.24) is 0 Å². The zero-order chi connectivity index (χ0) is 16.0. The molecule has 120 valence electrons. The van der Waals surface area contributed by atoms with Crippen LogP contribution in [0.3, 0.4) is 0 Å². The maximum Gasteiger partial charge on any atom is 0.389 e. The van der Waals surface area contributed by atoms with Crippen molar-refractivity contribution >= 4 is 0 Å². The smallest absolute Gasteiger partial charge is 0.389 e. The molecule has 0 spiro atoms. The number of hydrogen-bond donors (Lipinski definition) is 1. The van der Waals surface area contributed by atoms with Crippen LogP contribution in [0.4, 0.5) is 13.2 Å². The summed E-state index contributed by atoms with van der Waals surface area (Å²) in [5, 5.41) is 10.1. The Morgan fingerprint density at radius 2 is 1.52 bits per heavy atom. The fourth-order valence-electron chi connectivity index (χ4n) is 1.96. The van der Waals surface area contributed by atoms with E-state index in [4.69, 9.17) is 14.2 Å². The fourth-order valence-corrected chi connectivity index (χ4v) is 1.96. The largest absolute Gasteiger partial charge is 0.496 e. The lowest BCUT2D eigenvalue weighted by Crippen LogP contribution is -2.08. The second-order valence-electron chi connectivity index (χ2n) is 4.47. The number of aliphatic hydroxyl groups is 1. The molecule has 1 N–H and O–H groups in total. The average Bonchev–Trinajstić information content (AvgIpc) is 2.44. The standard InChI is InChI=1S/C14H19F3O4/c1-19-11-8-13(21-3)12(20-2)7-9(11)10(18)5-4-6-14(15,16)17/h7-8,10,18H,4-6H2,1-3H3. The zero-order valence-electron chi connectivity index (χ0n) is 12.2. The van der Waals surface area contributed by atoms with E-state index in [1.165, 1.54) is 33.5 Å². The molecule has 0 heterocycles. The average molecular weight is 308 g/mol. The Morgan fingerprint density at radius 3 is 2.00 bits per heavy atom. The van der Waals surface area contributed by atoms with Crippen LogP contribution < -0.4 is 14.2 Å². The molecule has 0 bridgehead atoms. The Morgan fingerprint density at radius 1 is 1.00 bits per heavy atom. The Kier molecular flexibility index (Phi) is 6.14. The predicted molar refractivity (Wildman–Crippen MR) is 71.0 cm³/mol. The fraction of sp³-hybridized carbons (Fsp3) is 0.571. The van der Waals surface area contributed by atoms with Gasteiger partial charge in [-0.05, 0) is 18.9 Å². The molecular formula is C14H19F3O4. The van der Waals surface area contributed by atoms with Crippen molar-refractivity contribution in [2.75, 3.05) is 21.3 Å². The van der Waals surface area contributed by atoms with Gasteiger partial charge >= 0.3 is 6.18 Å². The molecule has 1 aromatic carbocycles. The van der Waals surface area contributed by atoms with Crippen LogP contribution in [0.15, 0.2) is 12.1 Å². The van der Waals surface area contributed by atoms with Gasteiger partial charge < -0.3 is 19.3 Å². The zero-order valence-corrected chi connectivity index (χ0v) is 12.2. The normalized spacial score (nSPS) is 12.9. The first-order valence-electron chi connectivity index (χ1n) is 6.37. The van der Waals surface area contributed by atoms with Crippen molar-refractivity contribution in [2.45, 2.75) is 31.5 Å². The van der Waals surface area contributed by atoms with Gasteiger partial charge in [0, 0.05) is 18.1 Å². The summed E-state index contributed by atoms with van der Waals surface area (Å²) < 4.78 is 51.7. The van der Waals surface area contributed by atoms with Crippen molar-refractivity contribution in [1.29, 1.82) is 0 Å². The molecule has 0 fully saturated rings. The molecule has 0 saturated carbocycles. The minimum atomic E-state index is -4.22. The summed E-state index contributed by atoms with van der Waals surface area (Å²) in [6, 6.07) is 3.04. The number of benzene rings is 1. The summed E-state index contributed by atoms with van der Waals surface area (Å²) in [4.78, 5) is 0. The summed E-state index contributed by atoms with van der Waals surface area (Å²) in [7, 11) is 4.30. The molecule has 21 heavy (non-hydrogen) atoms. The molecule has 1 atom stereocenters. The highest BCUT2D eigenvalue weighted by Crippen LogP contribution is 2.39. The number of methoxy groups -OCH3 is 3. The Bertz CT molecular complexity index is 460. The molecule has 7 heteroatoms. The van der Waals surface area contributed by atoms with Gasteiger partial charge in [0.25, 0.3) is 0 Å². The summed E-state index contributed by atoms with van der Waals surface area (Å²) in [6.45, 7) is 0. The van der Waals surface area contributed by atoms with E-state index < -0.39 is 18.7 Å². The highest BCUT2D eigenvalue weighted by molar-refractivity contribution is 5.51. The molecule has 1 unspecified atom stereocenters. The molecule has 1 aromatic rings. The van der Waals surface area contributed by atoms with E-state index in [0.717, 1.165) is 0 Å². The van der Waals surface area contributed by atoms with Gasteiger partial charge in [0.05, 0.1) is 27.4 Å². The Balaban J connectivity index is 2.89. The van der Waals surface area contributed by atoms with Gasteiger partial charge in [0.1, 0.15) is 5.75 Å². The lowest BCUT2D eigenvalue weighted by atomic mass is 10.0. The third-order valence-corrected chi connectivity index (χ3v) is 3.03. The molecule has 0 amide bonds. The second kappa shape index (κ2) is 7.40. The summed E-state index contributed by atoms with van der Waals surface area (Å²) in [5.74, 6) is 1.14. The molecule has 0 aliphatic carbocycles. The van der Waals surface area contributed by atoms with Gasteiger partial charge in [0.15, 0.2) is 11.5 Å². The van der Waals surface area contributed by atoms with Crippen LogP contribution in [-0.4, -0.2) is 32.6 Å². The number of rotatable bonds is 7. The first kappa shape index (κ1) is 17.4. The van der Waals surface area contributed by atoms with Crippen LogP contribution in [0, 0.1) is 0 Å². The van der Waals surface area contributed by atoms with Gasteiger partial charge in [0.2, 0.25) is 0 Å². The molecule has 0 saturated heterocycles. The molecule has 0 radical (unpaired) electrons. The third kappa shape index (κ3) is 5.00. The van der Waals surface area contributed by atoms with Crippen LogP contribution in [0.25, 0.3) is 0 Å². The number of ether oxygens (including phenoxy) is 3. The van der Waals surface area contributed by atoms with E-state index in [0.29, 0.717) is 22.8 Å². The van der Waals surface area contributed by atoms with Crippen LogP contribution in [0.5, 0.6) is 17.2 Å². The van der Waals surface area contributed by atoms with Crippen molar-refractivity contribution < 1.29 is 32.5 Å². The SMILES string of the molecule is COc1cc(OC)c(C(O)CCCC(F)(F)F)cc1OC. The molecule has 0 aromatic heterocycles. The van der Waals surface area contributed by atoms with Gasteiger partial charge in [-0.1, -0.05) is 0 Å². The highest BCUT2D eigenvalue weighted by atomic mass is 19.4. The van der Waals surface area contributed by atoms with Crippen molar-refractivity contribution in [3.63, 3.8) is 0 Å². The van der Waals surface area contributed by atoms with Gasteiger partial charge in [-0.3, -0.25) is 0 Å². The summed E-state index contributed by atoms with van der Waals surface area (Å²) in [6.07, 6.45) is -6.41. The van der Waals surface area contributed by atoms with E-state index in [9.17, 15) is 18.3 Å². The van der Waals surface area contributed by atoms with Crippen molar-refractivity contribution in [2.24, 2.45) is 0 Å². The lowest BCUT2D eigenvalue weighted by Gasteiger charge is -2.18. The maximum absolute atomic E-state index is 12.1. The van der Waals surface area contributed by atoms with Crippen molar-refractivity contribution in [3.8, 4) is 17.2 Å². The highest BCUT2D eigenvalue weighted by Gasteiger charge is 2.27. The van der Waals surface area contributed by atoms with Crippen LogP contribution in [-0.2, 0) is 0 Å². The van der Waals surface area contributed by atoms with E-state index >= 15 is 0 Å². The van der Waals surface area contributed by atoms with E-state index in [-0.39, 0.29) is 12.8 Å².